The van der Waals surface area contributed by atoms with Crippen LogP contribution in [0.4, 0.5) is 5.69 Å². The van der Waals surface area contributed by atoms with Gasteiger partial charge in [0.1, 0.15) is 11.8 Å². The highest BCUT2D eigenvalue weighted by molar-refractivity contribution is 7.92. The van der Waals surface area contributed by atoms with Crippen molar-refractivity contribution in [3.05, 3.63) is 54.1 Å². The van der Waals surface area contributed by atoms with Crippen molar-refractivity contribution in [1.29, 1.82) is 5.26 Å². The average Bonchev–Trinajstić information content (AvgIpc) is 2.53. The fourth-order valence-corrected chi connectivity index (χ4v) is 2.93. The maximum absolute atomic E-state index is 12.4. The predicted octanol–water partition coefficient (Wildman–Crippen LogP) is 3.39. The lowest BCUT2D eigenvalue weighted by Gasteiger charge is -2.11. The summed E-state index contributed by atoms with van der Waals surface area (Å²) >= 11 is 0. The number of hydrogen-bond donors (Lipinski definition) is 1. The van der Waals surface area contributed by atoms with Gasteiger partial charge in [0.05, 0.1) is 22.8 Å². The van der Waals surface area contributed by atoms with E-state index in [4.69, 9.17) is 10.00 Å². The highest BCUT2D eigenvalue weighted by Gasteiger charge is 2.16. The summed E-state index contributed by atoms with van der Waals surface area (Å²) < 4.78 is 32.7. The van der Waals surface area contributed by atoms with Gasteiger partial charge in [-0.1, -0.05) is 26.0 Å². The summed E-state index contributed by atoms with van der Waals surface area (Å²) in [6.07, 6.45) is 0. The third kappa shape index (κ3) is 4.47. The van der Waals surface area contributed by atoms with Crippen molar-refractivity contribution in [2.45, 2.75) is 18.7 Å². The number of sulfonamides is 1. The molecule has 0 aliphatic carbocycles. The molecule has 0 saturated carbocycles. The van der Waals surface area contributed by atoms with E-state index in [-0.39, 0.29) is 16.1 Å². The van der Waals surface area contributed by atoms with Crippen LogP contribution in [0.2, 0.25) is 0 Å². The normalized spacial score (nSPS) is 11.0. The first-order valence-electron chi connectivity index (χ1n) is 7.17. The third-order valence-corrected chi connectivity index (χ3v) is 4.39. The van der Waals surface area contributed by atoms with E-state index in [2.05, 4.69) is 4.72 Å². The first-order chi connectivity index (χ1) is 10.9. The van der Waals surface area contributed by atoms with E-state index in [0.29, 0.717) is 18.3 Å². The Morgan fingerprint density at radius 1 is 1.13 bits per heavy atom. The maximum atomic E-state index is 12.4. The van der Waals surface area contributed by atoms with Gasteiger partial charge in [-0.2, -0.15) is 5.26 Å². The molecule has 2 aromatic carbocycles. The summed E-state index contributed by atoms with van der Waals surface area (Å²) in [5.41, 5.74) is 0.531. The zero-order valence-electron chi connectivity index (χ0n) is 13.0. The van der Waals surface area contributed by atoms with Crippen LogP contribution in [0.1, 0.15) is 19.4 Å². The summed E-state index contributed by atoms with van der Waals surface area (Å²) in [5, 5.41) is 9.02. The van der Waals surface area contributed by atoms with Gasteiger partial charge < -0.3 is 4.74 Å². The van der Waals surface area contributed by atoms with Crippen LogP contribution >= 0.6 is 0 Å². The van der Waals surface area contributed by atoms with Crippen molar-refractivity contribution in [1.82, 2.24) is 0 Å². The molecular formula is C17H18N2O3S. The molecule has 0 aromatic heterocycles. The van der Waals surface area contributed by atoms with Gasteiger partial charge in [-0.15, -0.1) is 0 Å². The molecule has 0 aliphatic rings. The Kier molecular flexibility index (Phi) is 5.24. The Bertz CT molecular complexity index is 806. The molecule has 0 atom stereocenters. The lowest BCUT2D eigenvalue weighted by atomic mass is 10.2. The molecule has 120 valence electrons. The highest BCUT2D eigenvalue weighted by Crippen LogP contribution is 2.21. The third-order valence-electron chi connectivity index (χ3n) is 3.01. The molecule has 2 rings (SSSR count). The standard InChI is InChI=1S/C17H18N2O3S/c1-13(2)12-22-15-7-9-16(10-8-15)23(20,21)19-17-6-4-3-5-14(17)11-18/h3-10,13,19H,12H2,1-2H3. The molecule has 0 radical (unpaired) electrons. The molecule has 0 spiro atoms. The highest BCUT2D eigenvalue weighted by atomic mass is 32.2. The molecule has 0 aliphatic heterocycles. The van der Waals surface area contributed by atoms with E-state index in [1.165, 1.54) is 12.1 Å². The van der Waals surface area contributed by atoms with Gasteiger partial charge in [0.25, 0.3) is 10.0 Å². The topological polar surface area (TPSA) is 79.2 Å². The van der Waals surface area contributed by atoms with Gasteiger partial charge in [-0.05, 0) is 42.3 Å². The largest absolute Gasteiger partial charge is 0.493 e. The summed E-state index contributed by atoms with van der Waals surface area (Å²) in [6, 6.07) is 14.6. The lowest BCUT2D eigenvalue weighted by molar-refractivity contribution is 0.271. The fourth-order valence-electron chi connectivity index (χ4n) is 1.85. The van der Waals surface area contributed by atoms with Crippen LogP contribution < -0.4 is 9.46 Å². The molecule has 2 aromatic rings. The van der Waals surface area contributed by atoms with Crippen LogP contribution in [-0.4, -0.2) is 15.0 Å². The Balaban J connectivity index is 2.18. The second-order valence-corrected chi connectivity index (χ2v) is 7.12. The van der Waals surface area contributed by atoms with Gasteiger partial charge in [-0.3, -0.25) is 4.72 Å². The Hall–Kier alpha value is -2.52. The number of nitrogens with zero attached hydrogens (tertiary/aromatic N) is 1. The molecule has 0 fully saturated rings. The van der Waals surface area contributed by atoms with Crippen LogP contribution in [0.15, 0.2) is 53.4 Å². The van der Waals surface area contributed by atoms with Crippen molar-refractivity contribution in [3.63, 3.8) is 0 Å². The molecule has 23 heavy (non-hydrogen) atoms. The number of nitrogens with one attached hydrogen (secondary N) is 1. The molecule has 0 unspecified atom stereocenters. The van der Waals surface area contributed by atoms with Crippen molar-refractivity contribution in [2.24, 2.45) is 5.92 Å². The zero-order chi connectivity index (χ0) is 16.9. The summed E-state index contributed by atoms with van der Waals surface area (Å²) in [4.78, 5) is 0.113. The van der Waals surface area contributed by atoms with Crippen molar-refractivity contribution in [2.75, 3.05) is 11.3 Å². The van der Waals surface area contributed by atoms with E-state index < -0.39 is 10.0 Å². The van der Waals surface area contributed by atoms with E-state index in [9.17, 15) is 8.42 Å². The summed E-state index contributed by atoms with van der Waals surface area (Å²) in [7, 11) is -3.75. The van der Waals surface area contributed by atoms with Crippen LogP contribution in [0.3, 0.4) is 0 Å². The molecule has 0 heterocycles. The Morgan fingerprint density at radius 2 is 1.78 bits per heavy atom. The molecule has 1 N–H and O–H groups in total. The predicted molar refractivity (Wildman–Crippen MR) is 88.7 cm³/mol. The van der Waals surface area contributed by atoms with E-state index in [0.717, 1.165) is 0 Å². The minimum Gasteiger partial charge on any atom is -0.493 e. The second-order valence-electron chi connectivity index (χ2n) is 5.44. The van der Waals surface area contributed by atoms with Crippen LogP contribution in [-0.2, 0) is 10.0 Å². The zero-order valence-corrected chi connectivity index (χ0v) is 13.8. The number of para-hydroxylation sites is 1. The number of rotatable bonds is 6. The minimum atomic E-state index is -3.75. The Labute approximate surface area is 136 Å². The first-order valence-corrected chi connectivity index (χ1v) is 8.65. The van der Waals surface area contributed by atoms with E-state index in [1.54, 1.807) is 36.4 Å². The van der Waals surface area contributed by atoms with E-state index >= 15 is 0 Å². The number of benzene rings is 2. The van der Waals surface area contributed by atoms with Gasteiger partial charge in [0, 0.05) is 0 Å². The van der Waals surface area contributed by atoms with Crippen LogP contribution in [0.25, 0.3) is 0 Å². The second kappa shape index (κ2) is 7.16. The monoisotopic (exact) mass is 330 g/mol. The first kappa shape index (κ1) is 16.8. The molecule has 5 nitrogen and oxygen atoms in total. The van der Waals surface area contributed by atoms with Crippen molar-refractivity contribution < 1.29 is 13.2 Å². The van der Waals surface area contributed by atoms with Gasteiger partial charge in [-0.25, -0.2) is 8.42 Å². The van der Waals surface area contributed by atoms with E-state index in [1.807, 2.05) is 19.9 Å². The molecule has 0 bridgehead atoms. The molecule has 0 saturated heterocycles. The maximum Gasteiger partial charge on any atom is 0.261 e. The van der Waals surface area contributed by atoms with Gasteiger partial charge in [0.15, 0.2) is 0 Å². The lowest BCUT2D eigenvalue weighted by Crippen LogP contribution is -2.13. The number of hydrogen-bond acceptors (Lipinski definition) is 4. The molecule has 0 amide bonds. The average molecular weight is 330 g/mol. The van der Waals surface area contributed by atoms with Gasteiger partial charge in [0.2, 0.25) is 0 Å². The number of ether oxygens (including phenoxy) is 1. The number of anilines is 1. The van der Waals surface area contributed by atoms with Crippen LogP contribution in [0.5, 0.6) is 5.75 Å². The quantitative estimate of drug-likeness (QED) is 0.880. The Morgan fingerprint density at radius 3 is 2.39 bits per heavy atom. The summed E-state index contributed by atoms with van der Waals surface area (Å²) in [5.74, 6) is 1.01. The SMILES string of the molecule is CC(C)COc1ccc(S(=O)(=O)Nc2ccccc2C#N)cc1. The number of nitriles is 1. The fraction of sp³-hybridized carbons (Fsp3) is 0.235. The molecule has 6 heteroatoms. The van der Waals surface area contributed by atoms with Crippen molar-refractivity contribution in [3.8, 4) is 11.8 Å². The summed E-state index contributed by atoms with van der Waals surface area (Å²) in [6.45, 7) is 4.64. The van der Waals surface area contributed by atoms with Gasteiger partial charge >= 0.3 is 0 Å². The van der Waals surface area contributed by atoms with Crippen molar-refractivity contribution >= 4 is 15.7 Å². The van der Waals surface area contributed by atoms with Crippen LogP contribution in [0, 0.1) is 17.2 Å². The minimum absolute atomic E-state index is 0.113. The smallest absolute Gasteiger partial charge is 0.261 e. The molecular weight excluding hydrogens is 312 g/mol.